The van der Waals surface area contributed by atoms with Gasteiger partial charge in [0, 0.05) is 23.2 Å². The van der Waals surface area contributed by atoms with Gasteiger partial charge in [-0.15, -0.1) is 11.3 Å². The molecule has 4 aromatic rings. The van der Waals surface area contributed by atoms with Crippen molar-refractivity contribution in [1.82, 2.24) is 14.9 Å². The minimum atomic E-state index is -0.0156. The van der Waals surface area contributed by atoms with E-state index in [2.05, 4.69) is 15.3 Å². The van der Waals surface area contributed by atoms with Crippen LogP contribution in [0.2, 0.25) is 0 Å². The van der Waals surface area contributed by atoms with Crippen molar-refractivity contribution < 1.29 is 13.9 Å². The lowest BCUT2D eigenvalue weighted by Crippen LogP contribution is -2.30. The number of rotatable bonds is 8. The third-order valence-corrected chi connectivity index (χ3v) is 7.78. The lowest BCUT2D eigenvalue weighted by molar-refractivity contribution is 0.0943. The number of carbonyl (C=O) groups excluding carboxylic acids is 1. The van der Waals surface area contributed by atoms with Crippen LogP contribution >= 0.6 is 11.3 Å². The zero-order valence-electron chi connectivity index (χ0n) is 20.3. The first-order valence-corrected chi connectivity index (χ1v) is 13.1. The number of aromatic nitrogens is 2. The van der Waals surface area contributed by atoms with Gasteiger partial charge in [-0.25, -0.2) is 4.98 Å². The fourth-order valence-corrected chi connectivity index (χ4v) is 5.65. The number of benzene rings is 1. The molecule has 35 heavy (non-hydrogen) atoms. The normalized spacial score (nSPS) is 14.2. The Kier molecular flexibility index (Phi) is 7.04. The highest BCUT2D eigenvalue weighted by Crippen LogP contribution is 2.33. The van der Waals surface area contributed by atoms with E-state index in [-0.39, 0.29) is 5.91 Å². The summed E-state index contributed by atoms with van der Waals surface area (Å²) in [5, 5.41) is 6.17. The first-order valence-electron chi connectivity index (χ1n) is 12.2. The number of thiazole rings is 1. The highest BCUT2D eigenvalue weighted by atomic mass is 32.1. The van der Waals surface area contributed by atoms with Crippen LogP contribution in [-0.4, -0.2) is 29.1 Å². The van der Waals surface area contributed by atoms with Crippen LogP contribution in [0.4, 0.5) is 0 Å². The summed E-state index contributed by atoms with van der Waals surface area (Å²) in [6.45, 7) is 3.29. The summed E-state index contributed by atoms with van der Waals surface area (Å²) in [6.07, 6.45) is 7.94. The topological polar surface area (TPSA) is 69.3 Å². The van der Waals surface area contributed by atoms with Crippen molar-refractivity contribution in [3.8, 4) is 27.7 Å². The zero-order chi connectivity index (χ0) is 24.2. The molecule has 3 aromatic heterocycles. The number of hydrogen-bond donors (Lipinski definition) is 1. The van der Waals surface area contributed by atoms with Gasteiger partial charge in [-0.2, -0.15) is 0 Å². The first-order chi connectivity index (χ1) is 17.1. The maximum Gasteiger partial charge on any atom is 0.253 e. The maximum atomic E-state index is 13.2. The first kappa shape index (κ1) is 23.4. The van der Waals surface area contributed by atoms with Crippen molar-refractivity contribution in [3.63, 3.8) is 0 Å². The Hall–Kier alpha value is -3.32. The Balaban J connectivity index is 1.43. The number of nitrogens with one attached hydrogen (secondary N) is 1. The Bertz CT molecular complexity index is 1270. The molecular weight excluding hydrogens is 458 g/mol. The van der Waals surface area contributed by atoms with Crippen molar-refractivity contribution >= 4 is 17.2 Å². The fraction of sp³-hybridized carbons (Fsp3) is 0.357. The van der Waals surface area contributed by atoms with Crippen molar-refractivity contribution in [3.05, 3.63) is 71.1 Å². The van der Waals surface area contributed by atoms with E-state index in [4.69, 9.17) is 14.1 Å². The molecule has 1 aliphatic rings. The van der Waals surface area contributed by atoms with E-state index in [1.807, 2.05) is 49.4 Å². The van der Waals surface area contributed by atoms with E-state index >= 15 is 0 Å². The predicted molar refractivity (Wildman–Crippen MR) is 139 cm³/mol. The number of nitrogens with zero attached hydrogens (tertiary/aromatic N) is 2. The largest absolute Gasteiger partial charge is 0.497 e. The van der Waals surface area contributed by atoms with Crippen molar-refractivity contribution in [1.29, 1.82) is 0 Å². The van der Waals surface area contributed by atoms with E-state index in [9.17, 15) is 4.79 Å². The minimum absolute atomic E-state index is 0.0156. The number of amides is 1. The zero-order valence-corrected chi connectivity index (χ0v) is 21.1. The molecule has 0 radical (unpaired) electrons. The molecular formula is C28H31N3O3S. The van der Waals surface area contributed by atoms with Gasteiger partial charge in [0.15, 0.2) is 0 Å². The van der Waals surface area contributed by atoms with Crippen LogP contribution in [0.3, 0.4) is 0 Å². The second-order valence-corrected chi connectivity index (χ2v) is 10.0. The molecule has 1 aromatic carbocycles. The van der Waals surface area contributed by atoms with Crippen LogP contribution in [0.15, 0.2) is 58.5 Å². The lowest BCUT2D eigenvalue weighted by atomic mass is 9.89. The molecule has 0 saturated heterocycles. The lowest BCUT2D eigenvalue weighted by Gasteiger charge is -2.21. The summed E-state index contributed by atoms with van der Waals surface area (Å²) in [4.78, 5) is 18.1. The van der Waals surface area contributed by atoms with Gasteiger partial charge in [0.2, 0.25) is 0 Å². The van der Waals surface area contributed by atoms with E-state index in [0.717, 1.165) is 45.7 Å². The minimum Gasteiger partial charge on any atom is -0.497 e. The summed E-state index contributed by atoms with van der Waals surface area (Å²) < 4.78 is 13.0. The fourth-order valence-electron chi connectivity index (χ4n) is 4.83. The van der Waals surface area contributed by atoms with Crippen LogP contribution < -0.4 is 10.1 Å². The van der Waals surface area contributed by atoms with Crippen LogP contribution in [0.1, 0.15) is 53.9 Å². The molecule has 1 amide bonds. The predicted octanol–water partition coefficient (Wildman–Crippen LogP) is 6.55. The third-order valence-electron chi connectivity index (χ3n) is 6.88. The molecule has 7 heteroatoms. The number of hydrogen-bond acceptors (Lipinski definition) is 5. The summed E-state index contributed by atoms with van der Waals surface area (Å²) in [6, 6.07) is 13.7. The van der Waals surface area contributed by atoms with Crippen LogP contribution in [0, 0.1) is 12.8 Å². The second-order valence-electron chi connectivity index (χ2n) is 9.17. The molecule has 1 fully saturated rings. The van der Waals surface area contributed by atoms with Crippen LogP contribution in [0.5, 0.6) is 5.75 Å². The van der Waals surface area contributed by atoms with Gasteiger partial charge in [0.25, 0.3) is 5.91 Å². The van der Waals surface area contributed by atoms with Gasteiger partial charge in [-0.1, -0.05) is 19.3 Å². The van der Waals surface area contributed by atoms with Gasteiger partial charge in [0.05, 0.1) is 36.9 Å². The molecule has 0 unspecified atom stereocenters. The van der Waals surface area contributed by atoms with Gasteiger partial charge in [0.1, 0.15) is 16.5 Å². The molecule has 0 spiro atoms. The van der Waals surface area contributed by atoms with Crippen molar-refractivity contribution in [2.75, 3.05) is 13.7 Å². The smallest absolute Gasteiger partial charge is 0.253 e. The summed E-state index contributed by atoms with van der Waals surface area (Å²) in [5.74, 6) is 2.23. The summed E-state index contributed by atoms with van der Waals surface area (Å²) in [5.41, 5.74) is 4.41. The standard InChI is InChI=1S/C28H31N3O3S/c1-19-24(27(32)29-16-20-7-4-3-5-8-20)15-26(31(19)17-23-9-6-14-34-23)25-18-35-28(30-25)21-10-12-22(33-2)13-11-21/h6,9-15,18,20H,3-5,7-8,16-17H2,1-2H3,(H,29,32). The van der Waals surface area contributed by atoms with Crippen molar-refractivity contribution in [2.24, 2.45) is 5.92 Å². The number of carbonyl (C=O) groups is 1. The molecule has 1 N–H and O–H groups in total. The molecule has 5 rings (SSSR count). The maximum absolute atomic E-state index is 13.2. The second kappa shape index (κ2) is 10.5. The monoisotopic (exact) mass is 489 g/mol. The number of methoxy groups -OCH3 is 1. The molecule has 0 aliphatic heterocycles. The number of ether oxygens (including phenoxy) is 1. The van der Waals surface area contributed by atoms with Gasteiger partial charge < -0.3 is 19.0 Å². The van der Waals surface area contributed by atoms with Gasteiger partial charge >= 0.3 is 0 Å². The molecule has 3 heterocycles. The van der Waals surface area contributed by atoms with E-state index in [1.165, 1.54) is 32.1 Å². The van der Waals surface area contributed by atoms with Gasteiger partial charge in [-0.3, -0.25) is 4.79 Å². The Labute approximate surface area is 210 Å². The van der Waals surface area contributed by atoms with E-state index in [1.54, 1.807) is 24.7 Å². The summed E-state index contributed by atoms with van der Waals surface area (Å²) in [7, 11) is 1.66. The highest BCUT2D eigenvalue weighted by molar-refractivity contribution is 7.13. The Morgan fingerprint density at radius 2 is 2.00 bits per heavy atom. The molecule has 0 bridgehead atoms. The summed E-state index contributed by atoms with van der Waals surface area (Å²) >= 11 is 1.59. The van der Waals surface area contributed by atoms with Crippen LogP contribution in [-0.2, 0) is 6.54 Å². The molecule has 6 nitrogen and oxygen atoms in total. The Morgan fingerprint density at radius 3 is 2.71 bits per heavy atom. The average molecular weight is 490 g/mol. The van der Waals surface area contributed by atoms with E-state index < -0.39 is 0 Å². The molecule has 1 saturated carbocycles. The Morgan fingerprint density at radius 1 is 1.20 bits per heavy atom. The quantitative estimate of drug-likeness (QED) is 0.305. The van der Waals surface area contributed by atoms with Crippen LogP contribution in [0.25, 0.3) is 22.0 Å². The van der Waals surface area contributed by atoms with Crippen molar-refractivity contribution in [2.45, 2.75) is 45.6 Å². The molecule has 1 aliphatic carbocycles. The average Bonchev–Trinajstić information content (AvgIpc) is 3.65. The highest BCUT2D eigenvalue weighted by Gasteiger charge is 2.22. The number of furan rings is 1. The third kappa shape index (κ3) is 5.20. The molecule has 0 atom stereocenters. The van der Waals surface area contributed by atoms with Gasteiger partial charge in [-0.05, 0) is 68.1 Å². The SMILES string of the molecule is COc1ccc(-c2nc(-c3cc(C(=O)NCC4CCCCC4)c(C)n3Cc3ccco3)cs2)cc1. The molecule has 182 valence electrons. The van der Waals surface area contributed by atoms with E-state index in [0.29, 0.717) is 18.0 Å².